The number of nitrogens with zero attached hydrogens (tertiary/aromatic N) is 1. The Morgan fingerprint density at radius 2 is 1.95 bits per heavy atom. The summed E-state index contributed by atoms with van der Waals surface area (Å²) >= 11 is 0. The number of aryl methyl sites for hydroxylation is 2. The van der Waals surface area contributed by atoms with Crippen LogP contribution in [0.4, 0.5) is 5.95 Å². The van der Waals surface area contributed by atoms with Gasteiger partial charge in [-0.15, -0.1) is 0 Å². The number of benzene rings is 1. The lowest BCUT2D eigenvalue weighted by Crippen LogP contribution is -2.17. The number of aromatic nitrogens is 2. The molecule has 98 valence electrons. The van der Waals surface area contributed by atoms with Crippen molar-refractivity contribution in [2.24, 2.45) is 0 Å². The van der Waals surface area contributed by atoms with Crippen LogP contribution in [-0.2, 0) is 12.8 Å². The second kappa shape index (κ2) is 4.23. The van der Waals surface area contributed by atoms with Gasteiger partial charge in [0.05, 0.1) is 5.69 Å². The molecule has 0 fully saturated rings. The Labute approximate surface area is 111 Å². The topological polar surface area (TPSA) is 71.8 Å². The number of hydrogen-bond acceptors (Lipinski definition) is 3. The fourth-order valence-corrected chi connectivity index (χ4v) is 2.95. The molecule has 1 aliphatic carbocycles. The van der Waals surface area contributed by atoms with Gasteiger partial charge < -0.3 is 5.73 Å². The van der Waals surface area contributed by atoms with Crippen LogP contribution in [0.2, 0.25) is 0 Å². The predicted molar refractivity (Wildman–Crippen MR) is 76.2 cm³/mol. The van der Waals surface area contributed by atoms with Gasteiger partial charge in [-0.2, -0.15) is 0 Å². The van der Waals surface area contributed by atoms with Gasteiger partial charge in [0.2, 0.25) is 5.95 Å². The lowest BCUT2D eigenvalue weighted by atomic mass is 9.95. The molecular weight excluding hydrogens is 238 g/mol. The highest BCUT2D eigenvalue weighted by atomic mass is 16.1. The Kier molecular flexibility index (Phi) is 2.66. The summed E-state index contributed by atoms with van der Waals surface area (Å²) in [6.07, 6.45) is 2.71. The molecule has 19 heavy (non-hydrogen) atoms. The maximum Gasteiger partial charge on any atom is 0.256 e. The first-order valence-corrected chi connectivity index (χ1v) is 6.55. The maximum absolute atomic E-state index is 12.0. The quantitative estimate of drug-likeness (QED) is 0.757. The normalized spacial score (nSPS) is 13.6. The summed E-state index contributed by atoms with van der Waals surface area (Å²) in [7, 11) is 0. The largest absolute Gasteiger partial charge is 0.369 e. The highest BCUT2D eigenvalue weighted by Crippen LogP contribution is 2.32. The van der Waals surface area contributed by atoms with Crippen molar-refractivity contribution in [3.63, 3.8) is 0 Å². The van der Waals surface area contributed by atoms with Crippen LogP contribution in [0.3, 0.4) is 0 Å². The molecule has 0 radical (unpaired) electrons. The number of fused-ring (bicyclic) bond motifs is 3. The second-order valence-electron chi connectivity index (χ2n) is 5.24. The highest BCUT2D eigenvalue weighted by molar-refractivity contribution is 5.70. The van der Waals surface area contributed by atoms with E-state index in [2.05, 4.69) is 35.9 Å². The molecule has 4 heteroatoms. The SMILES string of the molecule is Cc1cc(C)c2c(c1)-c1nc(N)[nH]c(=O)c1CCC2. The molecule has 2 aromatic rings. The Morgan fingerprint density at radius 3 is 2.74 bits per heavy atom. The third kappa shape index (κ3) is 1.93. The first-order valence-electron chi connectivity index (χ1n) is 6.55. The summed E-state index contributed by atoms with van der Waals surface area (Å²) < 4.78 is 0. The number of hydrogen-bond donors (Lipinski definition) is 2. The van der Waals surface area contributed by atoms with Gasteiger partial charge in [-0.3, -0.25) is 9.78 Å². The Morgan fingerprint density at radius 1 is 1.21 bits per heavy atom. The molecule has 1 aliphatic rings. The van der Waals surface area contributed by atoms with Crippen molar-refractivity contribution in [1.29, 1.82) is 0 Å². The molecule has 0 unspecified atom stereocenters. The van der Waals surface area contributed by atoms with E-state index in [0.717, 1.165) is 36.1 Å². The van der Waals surface area contributed by atoms with Crippen molar-refractivity contribution in [3.05, 3.63) is 44.7 Å². The van der Waals surface area contributed by atoms with E-state index in [-0.39, 0.29) is 11.5 Å². The number of H-pyrrole nitrogens is 1. The van der Waals surface area contributed by atoms with Gasteiger partial charge in [-0.05, 0) is 50.3 Å². The van der Waals surface area contributed by atoms with Crippen LogP contribution >= 0.6 is 0 Å². The molecule has 4 nitrogen and oxygen atoms in total. The molecule has 3 rings (SSSR count). The van der Waals surface area contributed by atoms with Crippen LogP contribution in [0.1, 0.15) is 28.7 Å². The monoisotopic (exact) mass is 255 g/mol. The van der Waals surface area contributed by atoms with E-state index in [0.29, 0.717) is 0 Å². The zero-order valence-electron chi connectivity index (χ0n) is 11.2. The molecule has 3 N–H and O–H groups in total. The van der Waals surface area contributed by atoms with Gasteiger partial charge in [-0.1, -0.05) is 11.6 Å². The Hall–Kier alpha value is -2.10. The van der Waals surface area contributed by atoms with Gasteiger partial charge in [0, 0.05) is 11.1 Å². The fraction of sp³-hybridized carbons (Fsp3) is 0.333. The zero-order chi connectivity index (χ0) is 13.6. The molecule has 0 aliphatic heterocycles. The number of rotatable bonds is 0. The molecule has 0 saturated carbocycles. The molecular formula is C15H17N3O. The highest BCUT2D eigenvalue weighted by Gasteiger charge is 2.20. The molecule has 1 aromatic carbocycles. The van der Waals surface area contributed by atoms with Crippen LogP contribution in [0.5, 0.6) is 0 Å². The van der Waals surface area contributed by atoms with Gasteiger partial charge in [0.25, 0.3) is 5.56 Å². The van der Waals surface area contributed by atoms with Crippen LogP contribution < -0.4 is 11.3 Å². The molecule has 0 spiro atoms. The van der Waals surface area contributed by atoms with E-state index in [4.69, 9.17) is 5.73 Å². The van der Waals surface area contributed by atoms with Crippen molar-refractivity contribution in [1.82, 2.24) is 9.97 Å². The lowest BCUT2D eigenvalue weighted by molar-refractivity contribution is 0.819. The van der Waals surface area contributed by atoms with Crippen LogP contribution in [0, 0.1) is 13.8 Å². The molecule has 0 atom stereocenters. The average molecular weight is 255 g/mol. The van der Waals surface area contributed by atoms with Crippen molar-refractivity contribution < 1.29 is 0 Å². The minimum atomic E-state index is -0.102. The summed E-state index contributed by atoms with van der Waals surface area (Å²) in [5.41, 5.74) is 11.9. The van der Waals surface area contributed by atoms with E-state index in [1.807, 2.05) is 0 Å². The molecule has 0 amide bonds. The van der Waals surface area contributed by atoms with Gasteiger partial charge >= 0.3 is 0 Å². The van der Waals surface area contributed by atoms with E-state index >= 15 is 0 Å². The molecule has 1 aromatic heterocycles. The minimum absolute atomic E-state index is 0.102. The van der Waals surface area contributed by atoms with Crippen molar-refractivity contribution in [3.8, 4) is 11.3 Å². The second-order valence-corrected chi connectivity index (χ2v) is 5.24. The first-order chi connectivity index (χ1) is 9.06. The third-order valence-corrected chi connectivity index (χ3v) is 3.76. The first kappa shape index (κ1) is 12.0. The molecule has 1 heterocycles. The van der Waals surface area contributed by atoms with E-state index < -0.39 is 0 Å². The standard InChI is InChI=1S/C15H17N3O/c1-8-6-9(2)10-4-3-5-11-13(12(10)7-8)17-15(16)18-14(11)19/h6-7H,3-5H2,1-2H3,(H3,16,17,18,19). The predicted octanol–water partition coefficient (Wildman–Crippen LogP) is 2.12. The van der Waals surface area contributed by atoms with Crippen LogP contribution in [-0.4, -0.2) is 9.97 Å². The Balaban J connectivity index is 2.39. The van der Waals surface area contributed by atoms with Crippen LogP contribution in [0.25, 0.3) is 11.3 Å². The number of nitrogens with one attached hydrogen (secondary N) is 1. The molecule has 0 bridgehead atoms. The fourth-order valence-electron chi connectivity index (χ4n) is 2.95. The van der Waals surface area contributed by atoms with Crippen molar-refractivity contribution in [2.45, 2.75) is 33.1 Å². The number of nitrogens with two attached hydrogens (primary N) is 1. The van der Waals surface area contributed by atoms with E-state index in [1.165, 1.54) is 16.7 Å². The molecule has 0 saturated heterocycles. The summed E-state index contributed by atoms with van der Waals surface area (Å²) in [4.78, 5) is 19.0. The lowest BCUT2D eigenvalue weighted by Gasteiger charge is -2.12. The summed E-state index contributed by atoms with van der Waals surface area (Å²) in [5, 5.41) is 0. The van der Waals surface area contributed by atoms with Gasteiger partial charge in [-0.25, -0.2) is 4.98 Å². The number of aromatic amines is 1. The summed E-state index contributed by atoms with van der Waals surface area (Å²) in [5.74, 6) is 0.191. The van der Waals surface area contributed by atoms with Gasteiger partial charge in [0.15, 0.2) is 0 Å². The number of nitrogen functional groups attached to an aromatic ring is 1. The summed E-state index contributed by atoms with van der Waals surface area (Å²) in [6.45, 7) is 4.18. The maximum atomic E-state index is 12.0. The van der Waals surface area contributed by atoms with E-state index in [1.54, 1.807) is 0 Å². The minimum Gasteiger partial charge on any atom is -0.369 e. The smallest absolute Gasteiger partial charge is 0.256 e. The zero-order valence-corrected chi connectivity index (χ0v) is 11.2. The van der Waals surface area contributed by atoms with Crippen molar-refractivity contribution in [2.75, 3.05) is 5.73 Å². The third-order valence-electron chi connectivity index (χ3n) is 3.76. The van der Waals surface area contributed by atoms with Crippen molar-refractivity contribution >= 4 is 5.95 Å². The summed E-state index contributed by atoms with van der Waals surface area (Å²) in [6, 6.07) is 4.29. The Bertz CT molecular complexity index is 716. The number of anilines is 1. The average Bonchev–Trinajstić information content (AvgIpc) is 2.50. The van der Waals surface area contributed by atoms with E-state index in [9.17, 15) is 4.79 Å². The van der Waals surface area contributed by atoms with Crippen LogP contribution in [0.15, 0.2) is 16.9 Å². The van der Waals surface area contributed by atoms with Gasteiger partial charge in [0.1, 0.15) is 0 Å².